The van der Waals surface area contributed by atoms with Gasteiger partial charge in [-0.05, 0) is 36.0 Å². The average molecular weight is 261 g/mol. The summed E-state index contributed by atoms with van der Waals surface area (Å²) in [6, 6.07) is 6.27. The Morgan fingerprint density at radius 3 is 2.84 bits per heavy atom. The van der Waals surface area contributed by atoms with Gasteiger partial charge in [0.15, 0.2) is 0 Å². The minimum atomic E-state index is -0.308. The zero-order valence-corrected chi connectivity index (χ0v) is 11.2. The van der Waals surface area contributed by atoms with Crippen LogP contribution in [0.15, 0.2) is 18.2 Å². The molecule has 1 aromatic carbocycles. The Kier molecular flexibility index (Phi) is 4.55. The number of nitrogens with one attached hydrogen (secondary N) is 1. The van der Waals surface area contributed by atoms with Gasteiger partial charge in [-0.15, -0.1) is 0 Å². The molecule has 4 nitrogen and oxygen atoms in total. The van der Waals surface area contributed by atoms with Crippen LogP contribution in [0.25, 0.3) is 0 Å². The van der Waals surface area contributed by atoms with Crippen molar-refractivity contribution in [3.8, 4) is 0 Å². The molecule has 19 heavy (non-hydrogen) atoms. The predicted octanol–water partition coefficient (Wildman–Crippen LogP) is 1.40. The summed E-state index contributed by atoms with van der Waals surface area (Å²) in [6.45, 7) is 0.330. The van der Waals surface area contributed by atoms with Gasteiger partial charge in [-0.25, -0.2) is 0 Å². The van der Waals surface area contributed by atoms with Crippen molar-refractivity contribution in [1.82, 2.24) is 5.32 Å². The Morgan fingerprint density at radius 2 is 2.05 bits per heavy atom. The van der Waals surface area contributed by atoms with Crippen molar-refractivity contribution in [3.05, 3.63) is 34.9 Å². The van der Waals surface area contributed by atoms with Crippen LogP contribution >= 0.6 is 0 Å². The number of methoxy groups -OCH3 is 1. The molecule has 0 atom stereocenters. The van der Waals surface area contributed by atoms with Crippen LogP contribution in [0.3, 0.4) is 0 Å². The van der Waals surface area contributed by atoms with E-state index >= 15 is 0 Å². The summed E-state index contributed by atoms with van der Waals surface area (Å²) in [6.07, 6.45) is 4.07. The molecule has 0 fully saturated rings. The molecule has 0 aromatic heterocycles. The van der Waals surface area contributed by atoms with E-state index in [0.717, 1.165) is 18.4 Å². The van der Waals surface area contributed by atoms with E-state index in [1.165, 1.54) is 24.7 Å². The third-order valence-electron chi connectivity index (χ3n) is 3.41. The molecule has 0 bridgehead atoms. The number of esters is 1. The van der Waals surface area contributed by atoms with Gasteiger partial charge in [-0.3, -0.25) is 9.59 Å². The number of amides is 1. The van der Waals surface area contributed by atoms with Crippen LogP contribution in [-0.4, -0.2) is 25.5 Å². The number of benzene rings is 1. The molecule has 102 valence electrons. The van der Waals surface area contributed by atoms with E-state index in [1.807, 2.05) is 6.07 Å². The van der Waals surface area contributed by atoms with E-state index < -0.39 is 0 Å². The van der Waals surface area contributed by atoms with E-state index in [1.54, 1.807) is 0 Å². The summed E-state index contributed by atoms with van der Waals surface area (Å²) in [7, 11) is 1.34. The summed E-state index contributed by atoms with van der Waals surface area (Å²) in [5, 5.41) is 2.72. The molecule has 1 amide bonds. The van der Waals surface area contributed by atoms with Crippen LogP contribution in [0.1, 0.15) is 29.5 Å². The van der Waals surface area contributed by atoms with Gasteiger partial charge in [0.2, 0.25) is 5.91 Å². The molecule has 0 aliphatic heterocycles. The third-order valence-corrected chi connectivity index (χ3v) is 3.41. The molecule has 4 heteroatoms. The van der Waals surface area contributed by atoms with Gasteiger partial charge in [-0.1, -0.05) is 18.2 Å². The average Bonchev–Trinajstić information content (AvgIpc) is 2.85. The quantitative estimate of drug-likeness (QED) is 0.815. The van der Waals surface area contributed by atoms with Gasteiger partial charge in [0.1, 0.15) is 0 Å². The second-order valence-electron chi connectivity index (χ2n) is 4.81. The first-order valence-electron chi connectivity index (χ1n) is 6.63. The lowest BCUT2D eigenvalue weighted by atomic mass is 10.0. The van der Waals surface area contributed by atoms with E-state index in [4.69, 9.17) is 0 Å². The highest BCUT2D eigenvalue weighted by Gasteiger charge is 2.12. The normalized spacial score (nSPS) is 12.9. The smallest absolute Gasteiger partial charge is 0.307 e. The van der Waals surface area contributed by atoms with Crippen molar-refractivity contribution in [2.24, 2.45) is 0 Å². The highest BCUT2D eigenvalue weighted by molar-refractivity contribution is 5.79. The van der Waals surface area contributed by atoms with Crippen LogP contribution in [-0.2, 0) is 33.6 Å². The topological polar surface area (TPSA) is 55.4 Å². The fraction of sp³-hybridized carbons (Fsp3) is 0.467. The minimum Gasteiger partial charge on any atom is -0.469 e. The fourth-order valence-electron chi connectivity index (χ4n) is 2.39. The molecular formula is C15H19NO3. The van der Waals surface area contributed by atoms with Crippen LogP contribution in [0.5, 0.6) is 0 Å². The van der Waals surface area contributed by atoms with Gasteiger partial charge >= 0.3 is 5.97 Å². The molecule has 0 heterocycles. The second-order valence-corrected chi connectivity index (χ2v) is 4.81. The Morgan fingerprint density at radius 1 is 1.26 bits per heavy atom. The van der Waals surface area contributed by atoms with Crippen molar-refractivity contribution < 1.29 is 14.3 Å². The Balaban J connectivity index is 1.80. The van der Waals surface area contributed by atoms with Gasteiger partial charge in [0.25, 0.3) is 0 Å². The first-order valence-corrected chi connectivity index (χ1v) is 6.63. The summed E-state index contributed by atoms with van der Waals surface area (Å²) >= 11 is 0. The molecule has 1 N–H and O–H groups in total. The number of ether oxygens (including phenoxy) is 1. The Bertz CT molecular complexity index is 482. The Labute approximate surface area is 113 Å². The van der Waals surface area contributed by atoms with Crippen molar-refractivity contribution in [3.63, 3.8) is 0 Å². The number of aryl methyl sites for hydroxylation is 2. The largest absolute Gasteiger partial charge is 0.469 e. The van der Waals surface area contributed by atoms with E-state index in [-0.39, 0.29) is 18.3 Å². The maximum Gasteiger partial charge on any atom is 0.307 e. The molecule has 0 spiro atoms. The van der Waals surface area contributed by atoms with Crippen molar-refractivity contribution in [2.75, 3.05) is 13.7 Å². The predicted molar refractivity (Wildman–Crippen MR) is 71.8 cm³/mol. The first kappa shape index (κ1) is 13.6. The number of fused-ring (bicyclic) bond motifs is 1. The van der Waals surface area contributed by atoms with E-state index in [0.29, 0.717) is 13.0 Å². The fourth-order valence-corrected chi connectivity index (χ4v) is 2.39. The third kappa shape index (κ3) is 3.81. The van der Waals surface area contributed by atoms with Gasteiger partial charge in [0, 0.05) is 6.54 Å². The lowest BCUT2D eigenvalue weighted by Gasteiger charge is -2.06. The van der Waals surface area contributed by atoms with Crippen LogP contribution in [0, 0.1) is 0 Å². The lowest BCUT2D eigenvalue weighted by Crippen LogP contribution is -2.27. The van der Waals surface area contributed by atoms with Gasteiger partial charge in [-0.2, -0.15) is 0 Å². The number of rotatable bonds is 5. The van der Waals surface area contributed by atoms with Crippen LogP contribution < -0.4 is 5.32 Å². The van der Waals surface area contributed by atoms with Crippen LogP contribution in [0.4, 0.5) is 0 Å². The molecule has 0 saturated heterocycles. The highest BCUT2D eigenvalue weighted by atomic mass is 16.5. The standard InChI is InChI=1S/C15H19NO3/c1-19-15(18)7-8-16-14(17)10-11-5-6-12-3-2-4-13(12)9-11/h5-6,9H,2-4,7-8,10H2,1H3,(H,16,17). The summed E-state index contributed by atoms with van der Waals surface area (Å²) in [5.41, 5.74) is 3.82. The molecule has 2 rings (SSSR count). The maximum atomic E-state index is 11.7. The highest BCUT2D eigenvalue weighted by Crippen LogP contribution is 2.22. The molecule has 0 radical (unpaired) electrons. The van der Waals surface area contributed by atoms with Crippen molar-refractivity contribution >= 4 is 11.9 Å². The number of carbonyl (C=O) groups is 2. The van der Waals surface area contributed by atoms with Crippen molar-refractivity contribution in [1.29, 1.82) is 0 Å². The minimum absolute atomic E-state index is 0.0538. The first-order chi connectivity index (χ1) is 9.19. The summed E-state index contributed by atoms with van der Waals surface area (Å²) in [5.74, 6) is -0.361. The van der Waals surface area contributed by atoms with Crippen LogP contribution in [0.2, 0.25) is 0 Å². The lowest BCUT2D eigenvalue weighted by molar-refractivity contribution is -0.140. The summed E-state index contributed by atoms with van der Waals surface area (Å²) in [4.78, 5) is 22.6. The SMILES string of the molecule is COC(=O)CCNC(=O)Cc1ccc2c(c1)CCC2. The molecule has 1 aromatic rings. The second kappa shape index (κ2) is 6.36. The molecule has 0 saturated carbocycles. The molecular weight excluding hydrogens is 242 g/mol. The number of hydrogen-bond donors (Lipinski definition) is 1. The van der Waals surface area contributed by atoms with Gasteiger partial charge < -0.3 is 10.1 Å². The molecule has 0 unspecified atom stereocenters. The van der Waals surface area contributed by atoms with Gasteiger partial charge in [0.05, 0.1) is 20.0 Å². The zero-order valence-electron chi connectivity index (χ0n) is 11.2. The van der Waals surface area contributed by atoms with Crippen molar-refractivity contribution in [2.45, 2.75) is 32.1 Å². The summed E-state index contributed by atoms with van der Waals surface area (Å²) < 4.78 is 4.51. The monoisotopic (exact) mass is 261 g/mol. The molecule has 1 aliphatic rings. The number of carbonyl (C=O) groups excluding carboxylic acids is 2. The van der Waals surface area contributed by atoms with E-state index in [9.17, 15) is 9.59 Å². The maximum absolute atomic E-state index is 11.7. The Hall–Kier alpha value is -1.84. The molecule has 1 aliphatic carbocycles. The zero-order chi connectivity index (χ0) is 13.7. The van der Waals surface area contributed by atoms with E-state index in [2.05, 4.69) is 22.2 Å². The number of hydrogen-bond acceptors (Lipinski definition) is 3.